The molecule has 7 heteroatoms. The van der Waals surface area contributed by atoms with Gasteiger partial charge in [-0.3, -0.25) is 9.69 Å². The number of benzene rings is 1. The summed E-state index contributed by atoms with van der Waals surface area (Å²) < 4.78 is 5.88. The number of nitrogens with zero attached hydrogens (tertiary/aromatic N) is 1. The molecule has 1 spiro atoms. The lowest BCUT2D eigenvalue weighted by Crippen LogP contribution is -2.55. The van der Waals surface area contributed by atoms with Crippen LogP contribution >= 0.6 is 23.2 Å². The molecular weight excluding hydrogens is 353 g/mol. The standard InChI is InChI=1S/C17H19Cl2NO4/c1-10-2-4-17(5-3-10)20(14(9-24-17)16(22)23)15(21)11-6-12(18)8-13(19)7-11/h6-8,10,14H,2-5,9H2,1H3,(H,22,23)/t10?,14-,17?/m0/s1. The fourth-order valence-electron chi connectivity index (χ4n) is 3.59. The highest BCUT2D eigenvalue weighted by atomic mass is 35.5. The van der Waals surface area contributed by atoms with Gasteiger partial charge in [-0.2, -0.15) is 0 Å². The Bertz CT molecular complexity index is 650. The van der Waals surface area contributed by atoms with E-state index in [1.807, 2.05) is 0 Å². The van der Waals surface area contributed by atoms with Gasteiger partial charge in [0.15, 0.2) is 6.04 Å². The minimum Gasteiger partial charge on any atom is -0.480 e. The lowest BCUT2D eigenvalue weighted by molar-refractivity contribution is -0.143. The van der Waals surface area contributed by atoms with Crippen LogP contribution in [-0.4, -0.2) is 40.3 Å². The maximum Gasteiger partial charge on any atom is 0.328 e. The second-order valence-corrected chi connectivity index (χ2v) is 7.50. The third-order valence-corrected chi connectivity index (χ3v) is 5.37. The molecule has 1 aliphatic heterocycles. The monoisotopic (exact) mass is 371 g/mol. The van der Waals surface area contributed by atoms with E-state index in [4.69, 9.17) is 27.9 Å². The van der Waals surface area contributed by atoms with Gasteiger partial charge < -0.3 is 9.84 Å². The van der Waals surface area contributed by atoms with Crippen molar-refractivity contribution in [3.05, 3.63) is 33.8 Å². The largest absolute Gasteiger partial charge is 0.480 e. The Morgan fingerprint density at radius 3 is 2.33 bits per heavy atom. The van der Waals surface area contributed by atoms with Crippen LogP contribution in [0, 0.1) is 5.92 Å². The number of hydrogen-bond acceptors (Lipinski definition) is 3. The van der Waals surface area contributed by atoms with Crippen molar-refractivity contribution in [3.8, 4) is 0 Å². The molecule has 2 aliphatic rings. The van der Waals surface area contributed by atoms with Crippen molar-refractivity contribution in [2.75, 3.05) is 6.61 Å². The number of halogens is 2. The summed E-state index contributed by atoms with van der Waals surface area (Å²) in [5, 5.41) is 10.2. The van der Waals surface area contributed by atoms with Crippen molar-refractivity contribution in [1.29, 1.82) is 0 Å². The molecule has 1 aliphatic carbocycles. The Morgan fingerprint density at radius 2 is 1.79 bits per heavy atom. The maximum atomic E-state index is 13.1. The number of carbonyl (C=O) groups excluding carboxylic acids is 1. The van der Waals surface area contributed by atoms with Crippen LogP contribution in [0.15, 0.2) is 18.2 Å². The molecule has 1 aromatic rings. The minimum atomic E-state index is -1.06. The Morgan fingerprint density at radius 1 is 1.21 bits per heavy atom. The molecule has 0 bridgehead atoms. The van der Waals surface area contributed by atoms with E-state index >= 15 is 0 Å². The molecule has 0 radical (unpaired) electrons. The predicted molar refractivity (Wildman–Crippen MR) is 90.4 cm³/mol. The normalized spacial score (nSPS) is 29.9. The number of aliphatic carboxylic acids is 1. The van der Waals surface area contributed by atoms with E-state index < -0.39 is 23.6 Å². The van der Waals surface area contributed by atoms with Crippen molar-refractivity contribution in [2.45, 2.75) is 44.4 Å². The topological polar surface area (TPSA) is 66.8 Å². The van der Waals surface area contributed by atoms with E-state index in [0.29, 0.717) is 28.8 Å². The van der Waals surface area contributed by atoms with Crippen LogP contribution in [0.4, 0.5) is 0 Å². The van der Waals surface area contributed by atoms with E-state index in [2.05, 4.69) is 6.92 Å². The zero-order valence-corrected chi connectivity index (χ0v) is 14.8. The van der Waals surface area contributed by atoms with Gasteiger partial charge in [0.2, 0.25) is 0 Å². The predicted octanol–water partition coefficient (Wildman–Crippen LogP) is 3.83. The van der Waals surface area contributed by atoms with E-state index in [1.165, 1.54) is 23.1 Å². The lowest BCUT2D eigenvalue weighted by atomic mass is 9.83. The quantitative estimate of drug-likeness (QED) is 0.857. The average Bonchev–Trinajstić information content (AvgIpc) is 2.88. The summed E-state index contributed by atoms with van der Waals surface area (Å²) in [6.45, 7) is 2.16. The first kappa shape index (κ1) is 17.5. The lowest BCUT2D eigenvalue weighted by Gasteiger charge is -2.42. The van der Waals surface area contributed by atoms with E-state index in [-0.39, 0.29) is 12.2 Å². The average molecular weight is 372 g/mol. The highest BCUT2D eigenvalue weighted by molar-refractivity contribution is 6.35. The fourth-order valence-corrected chi connectivity index (χ4v) is 4.11. The first-order valence-electron chi connectivity index (χ1n) is 7.99. The molecule has 3 rings (SSSR count). The van der Waals surface area contributed by atoms with Gasteiger partial charge in [-0.1, -0.05) is 30.1 Å². The zero-order valence-electron chi connectivity index (χ0n) is 13.3. The summed E-state index contributed by atoms with van der Waals surface area (Å²) in [5.41, 5.74) is -0.566. The molecule has 1 atom stereocenters. The molecule has 1 heterocycles. The van der Waals surface area contributed by atoms with Gasteiger partial charge in [0.25, 0.3) is 5.91 Å². The summed E-state index contributed by atoms with van der Waals surface area (Å²) in [5.74, 6) is -0.925. The van der Waals surface area contributed by atoms with Crippen molar-refractivity contribution < 1.29 is 19.4 Å². The van der Waals surface area contributed by atoms with Crippen LogP contribution in [0.2, 0.25) is 10.0 Å². The van der Waals surface area contributed by atoms with Crippen molar-refractivity contribution in [3.63, 3.8) is 0 Å². The summed E-state index contributed by atoms with van der Waals surface area (Å²) in [6, 6.07) is 3.55. The van der Waals surface area contributed by atoms with Crippen LogP contribution in [0.25, 0.3) is 0 Å². The van der Waals surface area contributed by atoms with Crippen LogP contribution in [0.1, 0.15) is 43.0 Å². The highest BCUT2D eigenvalue weighted by Gasteiger charge is 2.53. The summed E-state index contributed by atoms with van der Waals surface area (Å²) >= 11 is 12.0. The molecule has 0 unspecified atom stereocenters. The molecular formula is C17H19Cl2NO4. The maximum absolute atomic E-state index is 13.1. The van der Waals surface area contributed by atoms with Crippen LogP contribution in [0.5, 0.6) is 0 Å². The van der Waals surface area contributed by atoms with Gasteiger partial charge in [0.05, 0.1) is 6.61 Å². The molecule has 1 N–H and O–H groups in total. The van der Waals surface area contributed by atoms with Crippen LogP contribution in [-0.2, 0) is 9.53 Å². The van der Waals surface area contributed by atoms with Gasteiger partial charge in [-0.25, -0.2) is 4.79 Å². The van der Waals surface area contributed by atoms with E-state index in [0.717, 1.165) is 12.8 Å². The number of carboxylic acid groups (broad SMARTS) is 1. The van der Waals surface area contributed by atoms with Gasteiger partial charge in [0.1, 0.15) is 5.72 Å². The molecule has 24 heavy (non-hydrogen) atoms. The third-order valence-electron chi connectivity index (χ3n) is 4.93. The number of ether oxygens (including phenoxy) is 1. The van der Waals surface area contributed by atoms with E-state index in [9.17, 15) is 14.7 Å². The van der Waals surface area contributed by atoms with E-state index in [1.54, 1.807) is 0 Å². The minimum absolute atomic E-state index is 0.00372. The highest BCUT2D eigenvalue weighted by Crippen LogP contribution is 2.43. The Labute approximate surface area is 150 Å². The smallest absolute Gasteiger partial charge is 0.328 e. The van der Waals surface area contributed by atoms with Crippen molar-refractivity contribution in [1.82, 2.24) is 4.90 Å². The summed E-state index contributed by atoms with van der Waals surface area (Å²) in [7, 11) is 0. The van der Waals surface area contributed by atoms with Crippen molar-refractivity contribution in [2.24, 2.45) is 5.92 Å². The van der Waals surface area contributed by atoms with Gasteiger partial charge >= 0.3 is 5.97 Å². The fraction of sp³-hybridized carbons (Fsp3) is 0.529. The summed E-state index contributed by atoms with van der Waals surface area (Å²) in [4.78, 5) is 26.1. The molecule has 1 saturated carbocycles. The molecule has 1 aromatic carbocycles. The Hall–Kier alpha value is -1.30. The number of carbonyl (C=O) groups is 2. The van der Waals surface area contributed by atoms with Crippen LogP contribution in [0.3, 0.4) is 0 Å². The number of hydrogen-bond donors (Lipinski definition) is 1. The molecule has 1 saturated heterocycles. The molecule has 0 aromatic heterocycles. The first-order chi connectivity index (χ1) is 11.3. The summed E-state index contributed by atoms with van der Waals surface area (Å²) in [6.07, 6.45) is 3.06. The number of amides is 1. The van der Waals surface area contributed by atoms with Gasteiger partial charge in [-0.15, -0.1) is 0 Å². The van der Waals surface area contributed by atoms with Gasteiger partial charge in [0, 0.05) is 15.6 Å². The number of rotatable bonds is 2. The second kappa shape index (κ2) is 6.54. The third kappa shape index (κ3) is 3.13. The Balaban J connectivity index is 1.98. The second-order valence-electron chi connectivity index (χ2n) is 6.63. The molecule has 2 fully saturated rings. The number of carboxylic acids is 1. The SMILES string of the molecule is CC1CCC2(CC1)OC[C@@H](C(=O)O)N2C(=O)c1cc(Cl)cc(Cl)c1. The van der Waals surface area contributed by atoms with Gasteiger partial charge in [-0.05, 0) is 49.8 Å². The zero-order chi connectivity index (χ0) is 17.5. The Kier molecular flexibility index (Phi) is 4.78. The molecule has 1 amide bonds. The molecule has 130 valence electrons. The van der Waals surface area contributed by atoms with Crippen LogP contribution < -0.4 is 0 Å². The van der Waals surface area contributed by atoms with Crippen molar-refractivity contribution >= 4 is 35.1 Å². The first-order valence-corrected chi connectivity index (χ1v) is 8.74. The molecule has 5 nitrogen and oxygen atoms in total.